The molecule has 22 heavy (non-hydrogen) atoms. The molecule has 0 aromatic heterocycles. The Kier molecular flexibility index (Phi) is 4.54. The van der Waals surface area contributed by atoms with Crippen molar-refractivity contribution in [2.75, 3.05) is 19.4 Å². The number of nitrogens with zero attached hydrogens (tertiary/aromatic N) is 2. The zero-order chi connectivity index (χ0) is 16.1. The fraction of sp³-hybridized carbons (Fsp3) is 0.118. The predicted molar refractivity (Wildman–Crippen MR) is 83.6 cm³/mol. The van der Waals surface area contributed by atoms with Gasteiger partial charge in [-0.15, -0.1) is 0 Å². The first-order valence-corrected chi connectivity index (χ1v) is 6.64. The summed E-state index contributed by atoms with van der Waals surface area (Å²) >= 11 is 0. The van der Waals surface area contributed by atoms with Crippen molar-refractivity contribution in [3.63, 3.8) is 0 Å². The number of carbonyl (C=O) groups is 2. The zero-order valence-corrected chi connectivity index (χ0v) is 12.3. The highest BCUT2D eigenvalue weighted by atomic mass is 16.2. The number of carbonyl (C=O) groups excluding carboxylic acids is 2. The lowest BCUT2D eigenvalue weighted by Gasteiger charge is -2.11. The summed E-state index contributed by atoms with van der Waals surface area (Å²) in [5, 5.41) is 11.6. The number of benzene rings is 2. The van der Waals surface area contributed by atoms with E-state index in [2.05, 4.69) is 5.32 Å². The highest BCUT2D eigenvalue weighted by Gasteiger charge is 2.10. The molecule has 0 radical (unpaired) electrons. The molecule has 0 aliphatic heterocycles. The molecule has 1 N–H and O–H groups in total. The minimum absolute atomic E-state index is 0.137. The Morgan fingerprint density at radius 1 is 1.05 bits per heavy atom. The number of rotatable bonds is 3. The monoisotopic (exact) mass is 293 g/mol. The van der Waals surface area contributed by atoms with Crippen molar-refractivity contribution >= 4 is 17.5 Å². The second-order valence-electron chi connectivity index (χ2n) is 4.93. The molecular formula is C17H15N3O2. The third-order valence-electron chi connectivity index (χ3n) is 3.03. The van der Waals surface area contributed by atoms with Crippen LogP contribution in [-0.2, 0) is 0 Å². The van der Waals surface area contributed by atoms with Gasteiger partial charge in [0.1, 0.15) is 0 Å². The largest absolute Gasteiger partial charge is 0.345 e. The Morgan fingerprint density at radius 3 is 2.41 bits per heavy atom. The van der Waals surface area contributed by atoms with E-state index in [0.717, 1.165) is 0 Å². The van der Waals surface area contributed by atoms with E-state index in [1.165, 1.54) is 11.0 Å². The van der Waals surface area contributed by atoms with Crippen LogP contribution < -0.4 is 5.32 Å². The first-order valence-electron chi connectivity index (χ1n) is 6.64. The first-order chi connectivity index (χ1) is 10.5. The SMILES string of the molecule is CN(C)C(=O)c1cccc(NC(=O)c2cccc(C#N)c2)c1. The molecule has 0 aliphatic carbocycles. The summed E-state index contributed by atoms with van der Waals surface area (Å²) in [7, 11) is 3.34. The van der Waals surface area contributed by atoms with Crippen LogP contribution in [0.25, 0.3) is 0 Å². The molecule has 2 rings (SSSR count). The van der Waals surface area contributed by atoms with Gasteiger partial charge in [0.2, 0.25) is 0 Å². The lowest BCUT2D eigenvalue weighted by molar-refractivity contribution is 0.0827. The Bertz CT molecular complexity index is 760. The van der Waals surface area contributed by atoms with Crippen molar-refractivity contribution in [1.29, 1.82) is 5.26 Å². The van der Waals surface area contributed by atoms with Crippen LogP contribution in [0.4, 0.5) is 5.69 Å². The lowest BCUT2D eigenvalue weighted by Crippen LogP contribution is -2.22. The van der Waals surface area contributed by atoms with Crippen LogP contribution in [0.2, 0.25) is 0 Å². The Morgan fingerprint density at radius 2 is 1.73 bits per heavy atom. The van der Waals surface area contributed by atoms with Crippen molar-refractivity contribution < 1.29 is 9.59 Å². The average molecular weight is 293 g/mol. The van der Waals surface area contributed by atoms with E-state index in [1.54, 1.807) is 56.6 Å². The molecule has 5 nitrogen and oxygen atoms in total. The molecule has 2 amide bonds. The van der Waals surface area contributed by atoms with E-state index < -0.39 is 0 Å². The third kappa shape index (κ3) is 3.49. The standard InChI is InChI=1S/C17H15N3O2/c1-20(2)17(22)14-7-4-8-15(10-14)19-16(21)13-6-3-5-12(9-13)11-18/h3-10H,1-2H3,(H,19,21). The van der Waals surface area contributed by atoms with E-state index >= 15 is 0 Å². The average Bonchev–Trinajstić information content (AvgIpc) is 2.54. The van der Waals surface area contributed by atoms with Gasteiger partial charge in [0.15, 0.2) is 0 Å². The third-order valence-corrected chi connectivity index (χ3v) is 3.03. The van der Waals surface area contributed by atoms with Gasteiger partial charge in [-0.2, -0.15) is 5.26 Å². The normalized spacial score (nSPS) is 9.68. The van der Waals surface area contributed by atoms with E-state index in [0.29, 0.717) is 22.4 Å². The van der Waals surface area contributed by atoms with Gasteiger partial charge >= 0.3 is 0 Å². The highest BCUT2D eigenvalue weighted by molar-refractivity contribution is 6.05. The minimum Gasteiger partial charge on any atom is -0.345 e. The van der Waals surface area contributed by atoms with Gasteiger partial charge in [-0.1, -0.05) is 12.1 Å². The summed E-state index contributed by atoms with van der Waals surface area (Å²) in [5.74, 6) is -0.464. The molecule has 0 unspecified atom stereocenters. The fourth-order valence-corrected chi connectivity index (χ4v) is 1.92. The van der Waals surface area contributed by atoms with Crippen LogP contribution in [0.5, 0.6) is 0 Å². The smallest absolute Gasteiger partial charge is 0.255 e. The maximum absolute atomic E-state index is 12.2. The number of hydrogen-bond donors (Lipinski definition) is 1. The van der Waals surface area contributed by atoms with E-state index in [-0.39, 0.29) is 11.8 Å². The molecule has 0 saturated heterocycles. The topological polar surface area (TPSA) is 73.2 Å². The first kappa shape index (κ1) is 15.3. The predicted octanol–water partition coefficient (Wildman–Crippen LogP) is 2.51. The van der Waals surface area contributed by atoms with Crippen LogP contribution in [0.1, 0.15) is 26.3 Å². The van der Waals surface area contributed by atoms with Gasteiger partial charge in [0, 0.05) is 30.9 Å². The molecule has 0 aliphatic rings. The van der Waals surface area contributed by atoms with Crippen LogP contribution >= 0.6 is 0 Å². The van der Waals surface area contributed by atoms with Crippen LogP contribution in [-0.4, -0.2) is 30.8 Å². The molecule has 0 saturated carbocycles. The quantitative estimate of drug-likeness (QED) is 0.945. The van der Waals surface area contributed by atoms with Crippen LogP contribution in [0.15, 0.2) is 48.5 Å². The van der Waals surface area contributed by atoms with Crippen molar-refractivity contribution in [3.8, 4) is 6.07 Å². The molecule has 0 bridgehead atoms. The summed E-state index contributed by atoms with van der Waals surface area (Å²) in [6.07, 6.45) is 0. The summed E-state index contributed by atoms with van der Waals surface area (Å²) in [5.41, 5.74) is 1.83. The lowest BCUT2D eigenvalue weighted by atomic mass is 10.1. The summed E-state index contributed by atoms with van der Waals surface area (Å²) in [4.78, 5) is 25.6. The zero-order valence-electron chi connectivity index (χ0n) is 12.3. The summed E-state index contributed by atoms with van der Waals surface area (Å²) < 4.78 is 0. The highest BCUT2D eigenvalue weighted by Crippen LogP contribution is 2.14. The van der Waals surface area contributed by atoms with Crippen molar-refractivity contribution in [2.24, 2.45) is 0 Å². The molecule has 0 atom stereocenters. The Balaban J connectivity index is 2.20. The molecular weight excluding hydrogens is 278 g/mol. The van der Waals surface area contributed by atoms with Crippen LogP contribution in [0.3, 0.4) is 0 Å². The molecule has 0 spiro atoms. The molecule has 0 heterocycles. The van der Waals surface area contributed by atoms with Gasteiger partial charge in [-0.05, 0) is 36.4 Å². The minimum atomic E-state index is -0.327. The molecule has 2 aromatic carbocycles. The second-order valence-corrected chi connectivity index (χ2v) is 4.93. The van der Waals surface area contributed by atoms with Crippen molar-refractivity contribution in [3.05, 3.63) is 65.2 Å². The van der Waals surface area contributed by atoms with Gasteiger partial charge in [-0.3, -0.25) is 9.59 Å². The molecule has 110 valence electrons. The molecule has 5 heteroatoms. The van der Waals surface area contributed by atoms with Crippen molar-refractivity contribution in [1.82, 2.24) is 4.90 Å². The van der Waals surface area contributed by atoms with Gasteiger partial charge in [0.25, 0.3) is 11.8 Å². The molecule has 2 aromatic rings. The number of amides is 2. The number of hydrogen-bond acceptors (Lipinski definition) is 3. The number of nitrogens with one attached hydrogen (secondary N) is 1. The van der Waals surface area contributed by atoms with Crippen LogP contribution in [0, 0.1) is 11.3 Å². The number of nitriles is 1. The summed E-state index contributed by atoms with van der Waals surface area (Å²) in [6, 6.07) is 15.1. The van der Waals surface area contributed by atoms with Gasteiger partial charge in [-0.25, -0.2) is 0 Å². The maximum atomic E-state index is 12.2. The Labute approximate surface area is 128 Å². The Hall–Kier alpha value is -3.13. The summed E-state index contributed by atoms with van der Waals surface area (Å²) in [6.45, 7) is 0. The molecule has 0 fully saturated rings. The van der Waals surface area contributed by atoms with Crippen molar-refractivity contribution in [2.45, 2.75) is 0 Å². The van der Waals surface area contributed by atoms with E-state index in [1.807, 2.05) is 6.07 Å². The van der Waals surface area contributed by atoms with E-state index in [4.69, 9.17) is 5.26 Å². The van der Waals surface area contributed by atoms with E-state index in [9.17, 15) is 9.59 Å². The second kappa shape index (κ2) is 6.55. The number of anilines is 1. The fourth-order valence-electron chi connectivity index (χ4n) is 1.92. The van der Waals surface area contributed by atoms with Gasteiger partial charge in [0.05, 0.1) is 11.6 Å². The van der Waals surface area contributed by atoms with Gasteiger partial charge < -0.3 is 10.2 Å². The maximum Gasteiger partial charge on any atom is 0.255 e.